The first-order valence-electron chi connectivity index (χ1n) is 6.56. The molecule has 0 aromatic heterocycles. The van der Waals surface area contributed by atoms with Crippen LogP contribution in [0.3, 0.4) is 0 Å². The molecule has 0 radical (unpaired) electrons. The third-order valence-corrected chi connectivity index (χ3v) is 5.47. The Morgan fingerprint density at radius 2 is 1.95 bits per heavy atom. The Bertz CT molecular complexity index is 588. The zero-order valence-corrected chi connectivity index (χ0v) is 14.4. The summed E-state index contributed by atoms with van der Waals surface area (Å²) in [6, 6.07) is 14.4. The van der Waals surface area contributed by atoms with Gasteiger partial charge in [-0.2, -0.15) is 0 Å². The molecule has 0 saturated heterocycles. The minimum Gasteiger partial charge on any atom is -0.327 e. The quantitative estimate of drug-likeness (QED) is 0.748. The van der Waals surface area contributed by atoms with Crippen LogP contribution in [0, 0.1) is 0 Å². The van der Waals surface area contributed by atoms with Crippen molar-refractivity contribution in [3.8, 4) is 0 Å². The molecule has 0 saturated carbocycles. The maximum Gasteiger partial charge on any atom is 0.0409 e. The predicted molar refractivity (Wildman–Crippen MR) is 91.7 cm³/mol. The molecule has 2 N–H and O–H groups in total. The molecule has 0 heterocycles. The minimum absolute atomic E-state index is 0.173. The normalized spacial score (nSPS) is 12.4. The largest absolute Gasteiger partial charge is 0.327 e. The lowest BCUT2D eigenvalue weighted by molar-refractivity contribution is 0.641. The lowest BCUT2D eigenvalue weighted by atomic mass is 10.0. The monoisotopic (exact) mass is 369 g/mol. The van der Waals surface area contributed by atoms with E-state index in [2.05, 4.69) is 41.1 Å². The summed E-state index contributed by atoms with van der Waals surface area (Å²) in [5, 5.41) is 0.764. The van der Waals surface area contributed by atoms with Crippen LogP contribution in [-0.2, 0) is 6.42 Å². The third-order valence-electron chi connectivity index (χ3n) is 3.09. The van der Waals surface area contributed by atoms with Gasteiger partial charge in [-0.25, -0.2) is 0 Å². The van der Waals surface area contributed by atoms with Crippen molar-refractivity contribution in [1.82, 2.24) is 0 Å². The van der Waals surface area contributed by atoms with Crippen LogP contribution in [0.25, 0.3) is 0 Å². The molecule has 1 atom stereocenters. The summed E-state index contributed by atoms with van der Waals surface area (Å²) in [6.07, 6.45) is 1.81. The van der Waals surface area contributed by atoms with Crippen molar-refractivity contribution in [3.05, 3.63) is 57.5 Å². The van der Waals surface area contributed by atoms with E-state index in [-0.39, 0.29) is 6.04 Å². The van der Waals surface area contributed by atoms with E-state index >= 15 is 0 Å². The molecule has 0 aliphatic heterocycles. The first-order valence-corrected chi connectivity index (χ1v) is 8.55. The molecule has 4 heteroatoms. The zero-order valence-electron chi connectivity index (χ0n) is 11.3. The van der Waals surface area contributed by atoms with Crippen LogP contribution in [0.1, 0.15) is 18.9 Å². The van der Waals surface area contributed by atoms with E-state index < -0.39 is 0 Å². The van der Waals surface area contributed by atoms with E-state index in [9.17, 15) is 0 Å². The molecule has 0 amide bonds. The van der Waals surface area contributed by atoms with Crippen LogP contribution in [0.2, 0.25) is 5.02 Å². The molecule has 2 aromatic carbocycles. The number of nitrogens with two attached hydrogens (primary N) is 1. The number of rotatable bonds is 5. The first kappa shape index (κ1) is 15.9. The molecule has 1 nitrogen and oxygen atoms in total. The van der Waals surface area contributed by atoms with Crippen molar-refractivity contribution in [2.75, 3.05) is 0 Å². The lowest BCUT2D eigenvalue weighted by Crippen LogP contribution is -2.21. The second-order valence-corrected chi connectivity index (χ2v) is 7.03. The van der Waals surface area contributed by atoms with Gasteiger partial charge in [0.15, 0.2) is 0 Å². The van der Waals surface area contributed by atoms with Crippen LogP contribution < -0.4 is 5.73 Å². The van der Waals surface area contributed by atoms with Crippen molar-refractivity contribution < 1.29 is 0 Å². The SMILES string of the molecule is CCC(N)Cc1cc(Cl)ccc1Sc1ccccc1Br. The van der Waals surface area contributed by atoms with Gasteiger partial charge in [-0.05, 0) is 64.7 Å². The Balaban J connectivity index is 2.29. The van der Waals surface area contributed by atoms with Gasteiger partial charge in [0.25, 0.3) is 0 Å². The molecule has 0 fully saturated rings. The van der Waals surface area contributed by atoms with Crippen molar-refractivity contribution in [3.63, 3.8) is 0 Å². The summed E-state index contributed by atoms with van der Waals surface area (Å²) in [5.41, 5.74) is 7.30. The fourth-order valence-corrected chi connectivity index (χ4v) is 3.56. The Morgan fingerprint density at radius 3 is 2.65 bits per heavy atom. The molecule has 2 rings (SSSR count). The highest BCUT2D eigenvalue weighted by molar-refractivity contribution is 9.10. The summed E-state index contributed by atoms with van der Waals surface area (Å²) in [6.45, 7) is 2.11. The van der Waals surface area contributed by atoms with Gasteiger partial charge in [0.05, 0.1) is 0 Å². The molecule has 2 aromatic rings. The highest BCUT2D eigenvalue weighted by Crippen LogP contribution is 2.36. The van der Waals surface area contributed by atoms with E-state index in [1.165, 1.54) is 15.4 Å². The summed E-state index contributed by atoms with van der Waals surface area (Å²) >= 11 is 11.4. The Kier molecular flexibility index (Phi) is 5.97. The fraction of sp³-hybridized carbons (Fsp3) is 0.250. The Hall–Kier alpha value is -0.480. The number of hydrogen-bond acceptors (Lipinski definition) is 2. The predicted octanol–water partition coefficient (Wildman–Crippen LogP) is 5.53. The Labute approximate surface area is 138 Å². The van der Waals surface area contributed by atoms with Gasteiger partial charge in [-0.15, -0.1) is 0 Å². The van der Waals surface area contributed by atoms with Crippen molar-refractivity contribution in [1.29, 1.82) is 0 Å². The number of halogens is 2. The van der Waals surface area contributed by atoms with E-state index in [1.54, 1.807) is 11.8 Å². The van der Waals surface area contributed by atoms with Crippen molar-refractivity contribution in [2.45, 2.75) is 35.6 Å². The topological polar surface area (TPSA) is 26.0 Å². The average Bonchev–Trinajstić information content (AvgIpc) is 2.44. The van der Waals surface area contributed by atoms with Crippen LogP contribution in [-0.4, -0.2) is 6.04 Å². The molecule has 0 aliphatic carbocycles. The van der Waals surface area contributed by atoms with Gasteiger partial charge in [0.1, 0.15) is 0 Å². The van der Waals surface area contributed by atoms with E-state index in [4.69, 9.17) is 17.3 Å². The summed E-state index contributed by atoms with van der Waals surface area (Å²) in [5.74, 6) is 0. The summed E-state index contributed by atoms with van der Waals surface area (Å²) in [7, 11) is 0. The second kappa shape index (κ2) is 7.51. The van der Waals surface area contributed by atoms with Gasteiger partial charge < -0.3 is 5.73 Å². The standard InChI is InChI=1S/C16H17BrClNS/c1-2-13(19)10-11-9-12(18)7-8-15(11)20-16-6-4-3-5-14(16)17/h3-9,13H,2,10,19H2,1H3. The molecule has 20 heavy (non-hydrogen) atoms. The molecule has 0 spiro atoms. The highest BCUT2D eigenvalue weighted by Gasteiger charge is 2.10. The van der Waals surface area contributed by atoms with Gasteiger partial charge >= 0.3 is 0 Å². The summed E-state index contributed by atoms with van der Waals surface area (Å²) in [4.78, 5) is 2.41. The van der Waals surface area contributed by atoms with Crippen LogP contribution in [0.15, 0.2) is 56.7 Å². The maximum absolute atomic E-state index is 6.12. The molecule has 0 bridgehead atoms. The second-order valence-electron chi connectivity index (χ2n) is 4.66. The van der Waals surface area contributed by atoms with Gasteiger partial charge in [0, 0.05) is 25.3 Å². The average molecular weight is 371 g/mol. The van der Waals surface area contributed by atoms with E-state index in [0.717, 1.165) is 22.3 Å². The van der Waals surface area contributed by atoms with Gasteiger partial charge in [-0.1, -0.05) is 42.4 Å². The third kappa shape index (κ3) is 4.26. The summed E-state index contributed by atoms with van der Waals surface area (Å²) < 4.78 is 1.10. The zero-order chi connectivity index (χ0) is 14.5. The van der Waals surface area contributed by atoms with Crippen LogP contribution >= 0.6 is 39.3 Å². The number of benzene rings is 2. The minimum atomic E-state index is 0.173. The Morgan fingerprint density at radius 1 is 1.20 bits per heavy atom. The van der Waals surface area contributed by atoms with Crippen molar-refractivity contribution >= 4 is 39.3 Å². The maximum atomic E-state index is 6.12. The first-order chi connectivity index (χ1) is 9.60. The smallest absolute Gasteiger partial charge is 0.0409 e. The van der Waals surface area contributed by atoms with Gasteiger partial charge in [0.2, 0.25) is 0 Å². The highest BCUT2D eigenvalue weighted by atomic mass is 79.9. The molecule has 106 valence electrons. The van der Waals surface area contributed by atoms with Crippen molar-refractivity contribution in [2.24, 2.45) is 5.73 Å². The molecule has 1 unspecified atom stereocenters. The molecule has 0 aliphatic rings. The number of hydrogen-bond donors (Lipinski definition) is 1. The lowest BCUT2D eigenvalue weighted by Gasteiger charge is -2.14. The van der Waals surface area contributed by atoms with Crippen LogP contribution in [0.5, 0.6) is 0 Å². The van der Waals surface area contributed by atoms with E-state index in [1.807, 2.05) is 24.3 Å². The van der Waals surface area contributed by atoms with Gasteiger partial charge in [-0.3, -0.25) is 0 Å². The fourth-order valence-electron chi connectivity index (χ4n) is 1.88. The van der Waals surface area contributed by atoms with Crippen LogP contribution in [0.4, 0.5) is 0 Å². The molecular formula is C16H17BrClNS. The van der Waals surface area contributed by atoms with E-state index in [0.29, 0.717) is 0 Å². The molecular weight excluding hydrogens is 354 g/mol.